The van der Waals surface area contributed by atoms with E-state index in [0.29, 0.717) is 19.0 Å². The standard InChI is InChI=1S/C21H25N3O3/c1-15(2)17-5-3-4-6-18(17)22-21(25)24-11-9-23(10-12-24)16-7-8-19-20(13-16)27-14-26-19/h3-8,13,15H,9-12,14H2,1-2H3,(H,22,25). The molecule has 142 valence electrons. The van der Waals surface area contributed by atoms with Crippen molar-refractivity contribution >= 4 is 17.4 Å². The Morgan fingerprint density at radius 3 is 2.52 bits per heavy atom. The molecule has 0 saturated carbocycles. The van der Waals surface area contributed by atoms with Crippen LogP contribution < -0.4 is 19.7 Å². The topological polar surface area (TPSA) is 54.0 Å². The Bertz CT molecular complexity index is 829. The third-order valence-electron chi connectivity index (χ3n) is 5.11. The first-order chi connectivity index (χ1) is 13.1. The van der Waals surface area contributed by atoms with E-state index < -0.39 is 0 Å². The fourth-order valence-electron chi connectivity index (χ4n) is 3.56. The second-order valence-electron chi connectivity index (χ2n) is 7.18. The second-order valence-corrected chi connectivity index (χ2v) is 7.18. The van der Waals surface area contributed by atoms with E-state index in [0.717, 1.165) is 41.5 Å². The number of nitrogens with one attached hydrogen (secondary N) is 1. The van der Waals surface area contributed by atoms with Crippen molar-refractivity contribution in [2.75, 3.05) is 43.2 Å². The molecule has 1 fully saturated rings. The quantitative estimate of drug-likeness (QED) is 0.894. The Morgan fingerprint density at radius 2 is 1.74 bits per heavy atom. The highest BCUT2D eigenvalue weighted by Gasteiger charge is 2.23. The van der Waals surface area contributed by atoms with Crippen LogP contribution in [0.1, 0.15) is 25.3 Å². The van der Waals surface area contributed by atoms with Gasteiger partial charge in [-0.2, -0.15) is 0 Å². The molecular formula is C21H25N3O3. The van der Waals surface area contributed by atoms with E-state index in [9.17, 15) is 4.79 Å². The van der Waals surface area contributed by atoms with Crippen LogP contribution in [0.25, 0.3) is 0 Å². The lowest BCUT2D eigenvalue weighted by molar-refractivity contribution is 0.174. The molecule has 4 rings (SSSR count). The third kappa shape index (κ3) is 3.65. The Balaban J connectivity index is 1.37. The smallest absolute Gasteiger partial charge is 0.321 e. The van der Waals surface area contributed by atoms with Gasteiger partial charge in [0.05, 0.1) is 0 Å². The summed E-state index contributed by atoms with van der Waals surface area (Å²) in [5, 5.41) is 3.08. The summed E-state index contributed by atoms with van der Waals surface area (Å²) in [6.45, 7) is 7.50. The number of hydrogen-bond donors (Lipinski definition) is 1. The van der Waals surface area contributed by atoms with Crippen molar-refractivity contribution in [3.8, 4) is 11.5 Å². The predicted molar refractivity (Wildman–Crippen MR) is 106 cm³/mol. The molecule has 1 N–H and O–H groups in total. The highest BCUT2D eigenvalue weighted by atomic mass is 16.7. The summed E-state index contributed by atoms with van der Waals surface area (Å²) in [5.41, 5.74) is 3.16. The molecule has 0 atom stereocenters. The van der Waals surface area contributed by atoms with E-state index in [1.54, 1.807) is 0 Å². The number of nitrogens with zero attached hydrogens (tertiary/aromatic N) is 2. The SMILES string of the molecule is CC(C)c1ccccc1NC(=O)N1CCN(c2ccc3c(c2)OCO3)CC1. The summed E-state index contributed by atoms with van der Waals surface area (Å²) >= 11 is 0. The van der Waals surface area contributed by atoms with Crippen LogP contribution in [0.5, 0.6) is 11.5 Å². The van der Waals surface area contributed by atoms with Gasteiger partial charge >= 0.3 is 6.03 Å². The molecule has 0 unspecified atom stereocenters. The zero-order chi connectivity index (χ0) is 18.8. The number of urea groups is 1. The Labute approximate surface area is 159 Å². The van der Waals surface area contributed by atoms with Crippen molar-refractivity contribution in [1.29, 1.82) is 0 Å². The number of carbonyl (C=O) groups excluding carboxylic acids is 1. The van der Waals surface area contributed by atoms with Crippen molar-refractivity contribution < 1.29 is 14.3 Å². The van der Waals surface area contributed by atoms with Crippen molar-refractivity contribution in [3.05, 3.63) is 48.0 Å². The van der Waals surface area contributed by atoms with Crippen molar-refractivity contribution in [2.45, 2.75) is 19.8 Å². The maximum absolute atomic E-state index is 12.7. The van der Waals surface area contributed by atoms with Gasteiger partial charge in [0, 0.05) is 43.6 Å². The van der Waals surface area contributed by atoms with E-state index in [4.69, 9.17) is 9.47 Å². The highest BCUT2D eigenvalue weighted by molar-refractivity contribution is 5.90. The Morgan fingerprint density at radius 1 is 1.00 bits per heavy atom. The monoisotopic (exact) mass is 367 g/mol. The first kappa shape index (κ1) is 17.5. The molecule has 2 amide bonds. The molecule has 2 aromatic rings. The fourth-order valence-corrected chi connectivity index (χ4v) is 3.56. The van der Waals surface area contributed by atoms with Crippen LogP contribution in [-0.4, -0.2) is 43.9 Å². The van der Waals surface area contributed by atoms with E-state index in [1.807, 2.05) is 41.3 Å². The summed E-state index contributed by atoms with van der Waals surface area (Å²) in [6, 6.07) is 14.0. The van der Waals surface area contributed by atoms with Gasteiger partial charge in [-0.15, -0.1) is 0 Å². The van der Waals surface area contributed by atoms with Crippen LogP contribution in [0, 0.1) is 0 Å². The molecule has 6 heteroatoms. The number of amides is 2. The highest BCUT2D eigenvalue weighted by Crippen LogP contribution is 2.35. The number of rotatable bonds is 3. The van der Waals surface area contributed by atoms with Crippen LogP contribution >= 0.6 is 0 Å². The lowest BCUT2D eigenvalue weighted by atomic mass is 10.0. The Hall–Kier alpha value is -2.89. The lowest BCUT2D eigenvalue weighted by Crippen LogP contribution is -2.50. The molecule has 6 nitrogen and oxygen atoms in total. The van der Waals surface area contributed by atoms with Crippen molar-refractivity contribution in [3.63, 3.8) is 0 Å². The predicted octanol–water partition coefficient (Wildman–Crippen LogP) is 3.89. The average Bonchev–Trinajstić information content (AvgIpc) is 3.16. The normalized spacial score (nSPS) is 16.0. The van der Waals surface area contributed by atoms with E-state index >= 15 is 0 Å². The summed E-state index contributed by atoms with van der Waals surface area (Å²) in [6.07, 6.45) is 0. The molecule has 0 spiro atoms. The van der Waals surface area contributed by atoms with Gasteiger partial charge in [-0.1, -0.05) is 32.0 Å². The van der Waals surface area contributed by atoms with E-state index in [1.165, 1.54) is 0 Å². The van der Waals surface area contributed by atoms with Crippen molar-refractivity contribution in [2.24, 2.45) is 0 Å². The number of piperazine rings is 1. The molecule has 2 aliphatic rings. The van der Waals surface area contributed by atoms with E-state index in [-0.39, 0.29) is 12.8 Å². The number of para-hydroxylation sites is 1. The zero-order valence-electron chi connectivity index (χ0n) is 15.8. The van der Waals surface area contributed by atoms with Gasteiger partial charge in [-0.05, 0) is 29.7 Å². The molecule has 2 heterocycles. The number of benzene rings is 2. The van der Waals surface area contributed by atoms with Crippen LogP contribution in [0.15, 0.2) is 42.5 Å². The summed E-state index contributed by atoms with van der Waals surface area (Å²) in [5.74, 6) is 1.95. The molecule has 0 radical (unpaired) electrons. The van der Waals surface area contributed by atoms with Gasteiger partial charge in [0.25, 0.3) is 0 Å². The molecule has 27 heavy (non-hydrogen) atoms. The molecular weight excluding hydrogens is 342 g/mol. The summed E-state index contributed by atoms with van der Waals surface area (Å²) < 4.78 is 10.8. The first-order valence-corrected chi connectivity index (χ1v) is 9.41. The largest absolute Gasteiger partial charge is 0.454 e. The molecule has 0 aromatic heterocycles. The van der Waals surface area contributed by atoms with Gasteiger partial charge in [-0.25, -0.2) is 4.79 Å². The molecule has 2 aromatic carbocycles. The van der Waals surface area contributed by atoms with E-state index in [2.05, 4.69) is 30.1 Å². The molecule has 2 aliphatic heterocycles. The van der Waals surface area contributed by atoms with Gasteiger partial charge in [0.15, 0.2) is 11.5 Å². The number of ether oxygens (including phenoxy) is 2. The summed E-state index contributed by atoms with van der Waals surface area (Å²) in [4.78, 5) is 16.8. The first-order valence-electron chi connectivity index (χ1n) is 9.41. The maximum atomic E-state index is 12.7. The number of hydrogen-bond acceptors (Lipinski definition) is 4. The number of carbonyl (C=O) groups is 1. The minimum absolute atomic E-state index is 0.0339. The van der Waals surface area contributed by atoms with Gasteiger partial charge < -0.3 is 24.6 Å². The van der Waals surface area contributed by atoms with Crippen LogP contribution in [0.4, 0.5) is 16.2 Å². The molecule has 1 saturated heterocycles. The minimum Gasteiger partial charge on any atom is -0.454 e. The number of anilines is 2. The fraction of sp³-hybridized carbons (Fsp3) is 0.381. The average molecular weight is 367 g/mol. The minimum atomic E-state index is -0.0339. The number of fused-ring (bicyclic) bond motifs is 1. The molecule has 0 bridgehead atoms. The maximum Gasteiger partial charge on any atom is 0.321 e. The lowest BCUT2D eigenvalue weighted by Gasteiger charge is -2.36. The zero-order valence-corrected chi connectivity index (χ0v) is 15.8. The van der Waals surface area contributed by atoms with Crippen molar-refractivity contribution in [1.82, 2.24) is 4.90 Å². The van der Waals surface area contributed by atoms with Gasteiger partial charge in [-0.3, -0.25) is 0 Å². The second kappa shape index (κ2) is 7.39. The summed E-state index contributed by atoms with van der Waals surface area (Å²) in [7, 11) is 0. The van der Waals surface area contributed by atoms with Gasteiger partial charge in [0.2, 0.25) is 6.79 Å². The molecule has 0 aliphatic carbocycles. The van der Waals surface area contributed by atoms with Crippen LogP contribution in [0.2, 0.25) is 0 Å². The van der Waals surface area contributed by atoms with Gasteiger partial charge in [0.1, 0.15) is 0 Å². The Kier molecular flexibility index (Phi) is 4.79. The van der Waals surface area contributed by atoms with Crippen LogP contribution in [0.3, 0.4) is 0 Å². The van der Waals surface area contributed by atoms with Crippen LogP contribution in [-0.2, 0) is 0 Å². The third-order valence-corrected chi connectivity index (χ3v) is 5.11.